The van der Waals surface area contributed by atoms with Crippen LogP contribution in [0.2, 0.25) is 0 Å². The molecule has 0 radical (unpaired) electrons. The molecule has 1 unspecified atom stereocenters. The molecule has 4 fully saturated rings. The summed E-state index contributed by atoms with van der Waals surface area (Å²) in [5.41, 5.74) is 0.469. The van der Waals surface area contributed by atoms with E-state index in [-0.39, 0.29) is 22.7 Å². The predicted octanol–water partition coefficient (Wildman–Crippen LogP) is 4.26. The molecule has 4 saturated carbocycles. The molecule has 24 heavy (non-hydrogen) atoms. The van der Waals surface area contributed by atoms with Crippen molar-refractivity contribution in [2.24, 2.45) is 40.4 Å². The lowest BCUT2D eigenvalue weighted by atomic mass is 9.44. The number of hydrogen-bond acceptors (Lipinski definition) is 3. The van der Waals surface area contributed by atoms with Crippen molar-refractivity contribution < 1.29 is 15.0 Å². The summed E-state index contributed by atoms with van der Waals surface area (Å²) in [6.45, 7) is 7.13. The smallest absolute Gasteiger partial charge is 0.164 e. The van der Waals surface area contributed by atoms with Crippen molar-refractivity contribution in [1.29, 1.82) is 0 Å². The van der Waals surface area contributed by atoms with Gasteiger partial charge in [0, 0.05) is 11.8 Å². The third-order valence-corrected chi connectivity index (χ3v) is 9.21. The molecule has 0 aromatic heterocycles. The van der Waals surface area contributed by atoms with Crippen molar-refractivity contribution in [2.45, 2.75) is 71.8 Å². The maximum atomic E-state index is 12.3. The van der Waals surface area contributed by atoms with E-state index in [0.29, 0.717) is 23.7 Å². The molecule has 0 aliphatic heterocycles. The average Bonchev–Trinajstić information content (AvgIpc) is 2.85. The fourth-order valence-electron chi connectivity index (χ4n) is 7.45. The van der Waals surface area contributed by atoms with Gasteiger partial charge in [0.1, 0.15) is 0 Å². The second-order valence-corrected chi connectivity index (χ2v) is 9.65. The Morgan fingerprint density at radius 3 is 2.54 bits per heavy atom. The number of rotatable bonds is 0. The van der Waals surface area contributed by atoms with E-state index >= 15 is 0 Å². The minimum Gasteiger partial charge on any atom is -0.515 e. The number of carbonyl (C=O) groups is 1. The number of aliphatic hydroxyl groups is 2. The molecule has 8 atom stereocenters. The highest BCUT2D eigenvalue weighted by atomic mass is 16.3. The summed E-state index contributed by atoms with van der Waals surface area (Å²) in [4.78, 5) is 12.3. The highest BCUT2D eigenvalue weighted by Crippen LogP contribution is 2.67. The van der Waals surface area contributed by atoms with E-state index in [2.05, 4.69) is 20.8 Å². The Labute approximate surface area is 145 Å². The maximum absolute atomic E-state index is 12.3. The molecule has 0 saturated heterocycles. The van der Waals surface area contributed by atoms with E-state index in [0.717, 1.165) is 24.5 Å². The Hall–Kier alpha value is -0.830. The van der Waals surface area contributed by atoms with Crippen molar-refractivity contribution in [3.63, 3.8) is 0 Å². The molecule has 4 aliphatic carbocycles. The molecule has 4 aliphatic rings. The van der Waals surface area contributed by atoms with Gasteiger partial charge >= 0.3 is 0 Å². The third-order valence-electron chi connectivity index (χ3n) is 9.21. The molecule has 0 aromatic carbocycles. The van der Waals surface area contributed by atoms with Gasteiger partial charge in [-0.25, -0.2) is 0 Å². The van der Waals surface area contributed by atoms with Crippen LogP contribution in [-0.2, 0) is 4.79 Å². The Bertz CT molecular complexity index is 582. The molecule has 0 amide bonds. The first kappa shape index (κ1) is 16.6. The second kappa shape index (κ2) is 5.33. The minimum atomic E-state index is -0.801. The van der Waals surface area contributed by atoms with Gasteiger partial charge in [0.15, 0.2) is 5.78 Å². The monoisotopic (exact) mass is 332 g/mol. The van der Waals surface area contributed by atoms with Crippen molar-refractivity contribution in [3.8, 4) is 0 Å². The Balaban J connectivity index is 1.71. The first-order valence-corrected chi connectivity index (χ1v) is 9.89. The fourth-order valence-corrected chi connectivity index (χ4v) is 7.45. The molecule has 4 rings (SSSR count). The summed E-state index contributed by atoms with van der Waals surface area (Å²) in [5.74, 6) is 2.96. The van der Waals surface area contributed by atoms with E-state index < -0.39 is 6.10 Å². The molecular formula is C21H32O3. The SMILES string of the molecule is C[C@@H]1CC[C@H]2[C@@H]3CC[C@H]4CC(=O)C(=CO)C(O)[C@]4(C)[C@H]3CC[C@]12C. The molecule has 0 spiro atoms. The van der Waals surface area contributed by atoms with Gasteiger partial charge in [0.05, 0.1) is 17.9 Å². The van der Waals surface area contributed by atoms with Gasteiger partial charge in [0.25, 0.3) is 0 Å². The van der Waals surface area contributed by atoms with Crippen LogP contribution in [0.5, 0.6) is 0 Å². The standard InChI is InChI=1S/C21H32O3/c1-12-4-7-16-14-6-5-13-10-18(23)15(11-22)19(24)21(13,3)17(14)8-9-20(12,16)2/h11-14,16-17,19,22,24H,4-10H2,1-3H3/t12-,13+,14+,16+,17+,19?,20-,21+/m1/s1. The lowest BCUT2D eigenvalue weighted by Crippen LogP contribution is -2.59. The van der Waals surface area contributed by atoms with Crippen molar-refractivity contribution in [1.82, 2.24) is 0 Å². The van der Waals surface area contributed by atoms with Gasteiger partial charge in [0.2, 0.25) is 0 Å². The number of Topliss-reactive ketones (excluding diaryl/α,β-unsaturated/α-hetero) is 1. The zero-order valence-electron chi connectivity index (χ0n) is 15.3. The molecule has 3 nitrogen and oxygen atoms in total. The number of fused-ring (bicyclic) bond motifs is 5. The fraction of sp³-hybridized carbons (Fsp3) is 0.857. The van der Waals surface area contributed by atoms with Crippen molar-refractivity contribution in [2.75, 3.05) is 0 Å². The van der Waals surface area contributed by atoms with E-state index in [1.165, 1.54) is 32.1 Å². The Morgan fingerprint density at radius 2 is 1.83 bits per heavy atom. The van der Waals surface area contributed by atoms with Crippen LogP contribution in [0, 0.1) is 40.4 Å². The molecule has 2 N–H and O–H groups in total. The highest BCUT2D eigenvalue weighted by molar-refractivity contribution is 5.97. The van der Waals surface area contributed by atoms with Crippen LogP contribution < -0.4 is 0 Å². The van der Waals surface area contributed by atoms with Crippen LogP contribution in [0.3, 0.4) is 0 Å². The quantitative estimate of drug-likeness (QED) is 0.515. The topological polar surface area (TPSA) is 57.5 Å². The zero-order valence-corrected chi connectivity index (χ0v) is 15.3. The van der Waals surface area contributed by atoms with Crippen molar-refractivity contribution >= 4 is 5.78 Å². The second-order valence-electron chi connectivity index (χ2n) is 9.65. The van der Waals surface area contributed by atoms with Crippen LogP contribution in [0.15, 0.2) is 11.8 Å². The normalized spacial score (nSPS) is 55.8. The highest BCUT2D eigenvalue weighted by Gasteiger charge is 2.62. The number of aliphatic hydroxyl groups excluding tert-OH is 2. The lowest BCUT2D eigenvalue weighted by molar-refractivity contribution is -0.157. The number of hydrogen-bond donors (Lipinski definition) is 2. The predicted molar refractivity (Wildman–Crippen MR) is 93.4 cm³/mol. The lowest BCUT2D eigenvalue weighted by Gasteiger charge is -2.61. The van der Waals surface area contributed by atoms with E-state index in [1.54, 1.807) is 0 Å². The van der Waals surface area contributed by atoms with Crippen LogP contribution in [0.1, 0.15) is 65.7 Å². The Morgan fingerprint density at radius 1 is 1.08 bits per heavy atom. The summed E-state index contributed by atoms with van der Waals surface area (Å²) < 4.78 is 0. The van der Waals surface area contributed by atoms with E-state index in [4.69, 9.17) is 0 Å². The van der Waals surface area contributed by atoms with E-state index in [1.807, 2.05) is 0 Å². The third kappa shape index (κ3) is 1.91. The van der Waals surface area contributed by atoms with Gasteiger partial charge in [-0.3, -0.25) is 4.79 Å². The molecule has 0 bridgehead atoms. The van der Waals surface area contributed by atoms with Crippen LogP contribution in [0.25, 0.3) is 0 Å². The van der Waals surface area contributed by atoms with Gasteiger partial charge in [-0.15, -0.1) is 0 Å². The Kier molecular flexibility index (Phi) is 3.69. The van der Waals surface area contributed by atoms with Crippen molar-refractivity contribution in [3.05, 3.63) is 11.8 Å². The number of ketones is 1. The molecule has 134 valence electrons. The summed E-state index contributed by atoms with van der Waals surface area (Å²) in [6.07, 6.45) is 7.94. The first-order chi connectivity index (χ1) is 11.3. The molecular weight excluding hydrogens is 300 g/mol. The summed E-state index contributed by atoms with van der Waals surface area (Å²) in [5, 5.41) is 20.6. The minimum absolute atomic E-state index is 0.0546. The van der Waals surface area contributed by atoms with E-state index in [9.17, 15) is 15.0 Å². The van der Waals surface area contributed by atoms with Gasteiger partial charge in [-0.2, -0.15) is 0 Å². The first-order valence-electron chi connectivity index (χ1n) is 9.89. The summed E-state index contributed by atoms with van der Waals surface area (Å²) >= 11 is 0. The average molecular weight is 332 g/mol. The van der Waals surface area contributed by atoms with Gasteiger partial charge in [-0.05, 0) is 73.5 Å². The number of carbonyl (C=O) groups excluding carboxylic acids is 1. The largest absolute Gasteiger partial charge is 0.515 e. The molecule has 0 heterocycles. The van der Waals surface area contributed by atoms with Gasteiger partial charge in [-0.1, -0.05) is 20.8 Å². The summed E-state index contributed by atoms with van der Waals surface area (Å²) in [6, 6.07) is 0. The zero-order chi connectivity index (χ0) is 17.3. The van der Waals surface area contributed by atoms with Crippen LogP contribution in [0.4, 0.5) is 0 Å². The van der Waals surface area contributed by atoms with Crippen LogP contribution >= 0.6 is 0 Å². The molecule has 3 heteroatoms. The van der Waals surface area contributed by atoms with Gasteiger partial charge < -0.3 is 10.2 Å². The van der Waals surface area contributed by atoms with Crippen LogP contribution in [-0.4, -0.2) is 22.1 Å². The molecule has 0 aromatic rings. The summed E-state index contributed by atoms with van der Waals surface area (Å²) in [7, 11) is 0. The maximum Gasteiger partial charge on any atom is 0.164 e.